The van der Waals surface area contributed by atoms with Crippen molar-refractivity contribution in [2.24, 2.45) is 10.7 Å². The highest BCUT2D eigenvalue weighted by Crippen LogP contribution is 2.15. The first-order valence-corrected chi connectivity index (χ1v) is 8.99. The van der Waals surface area contributed by atoms with E-state index in [2.05, 4.69) is 29.0 Å². The molecule has 0 aromatic carbocycles. The lowest BCUT2D eigenvalue weighted by atomic mass is 10.1. The average molecular weight is 293 g/mol. The number of aliphatic imine (C=N–C) groups is 1. The first-order valence-electron chi connectivity index (χ1n) is 8.99. The van der Waals surface area contributed by atoms with Crippen LogP contribution in [-0.4, -0.2) is 36.9 Å². The quantitative estimate of drug-likeness (QED) is 0.410. The van der Waals surface area contributed by atoms with Crippen LogP contribution in [0.5, 0.6) is 0 Å². The highest BCUT2D eigenvalue weighted by atomic mass is 15.3. The van der Waals surface area contributed by atoms with Crippen LogP contribution in [0.25, 0.3) is 0 Å². The molecule has 1 unspecified atom stereocenters. The van der Waals surface area contributed by atoms with Gasteiger partial charge in [-0.15, -0.1) is 0 Å². The second-order valence-corrected chi connectivity index (χ2v) is 6.05. The van der Waals surface area contributed by atoms with Gasteiger partial charge in [-0.2, -0.15) is 0 Å². The third-order valence-corrected chi connectivity index (χ3v) is 4.16. The summed E-state index contributed by atoms with van der Waals surface area (Å²) in [7, 11) is 0. The lowest BCUT2D eigenvalue weighted by Crippen LogP contribution is -2.34. The van der Waals surface area contributed by atoms with E-state index in [1.54, 1.807) is 0 Å². The first kappa shape index (κ1) is 18.4. The molecule has 0 aliphatic carbocycles. The molecule has 1 aliphatic rings. The van der Waals surface area contributed by atoms with E-state index in [0.717, 1.165) is 19.6 Å². The molecule has 1 aliphatic heterocycles. The number of hydrogen-bond donors (Lipinski definition) is 1. The standard InChI is InChI=1S/C18H35N3/c1-2-3-4-5-6-7-8-9-10-11-12-13-18-20-15-17-21(18)16-14-19/h5-6,15,18H,2-4,7-14,16-17,19H2,1H3/b6-5+. The molecular formula is C18H35N3. The minimum Gasteiger partial charge on any atom is -0.329 e. The van der Waals surface area contributed by atoms with Crippen LogP contribution in [-0.2, 0) is 0 Å². The Balaban J connectivity index is 1.88. The minimum absolute atomic E-state index is 0.412. The van der Waals surface area contributed by atoms with Gasteiger partial charge in [0.25, 0.3) is 0 Å². The van der Waals surface area contributed by atoms with Crippen LogP contribution in [0, 0.1) is 0 Å². The second-order valence-electron chi connectivity index (χ2n) is 6.05. The van der Waals surface area contributed by atoms with Gasteiger partial charge in [0.2, 0.25) is 0 Å². The van der Waals surface area contributed by atoms with E-state index in [1.165, 1.54) is 64.2 Å². The second kappa shape index (κ2) is 13.0. The van der Waals surface area contributed by atoms with Gasteiger partial charge in [-0.1, -0.05) is 51.2 Å². The Morgan fingerprint density at radius 3 is 2.57 bits per heavy atom. The van der Waals surface area contributed by atoms with E-state index in [0.29, 0.717) is 6.17 Å². The molecule has 0 saturated carbocycles. The summed E-state index contributed by atoms with van der Waals surface area (Å²) in [5.41, 5.74) is 5.63. The van der Waals surface area contributed by atoms with E-state index in [9.17, 15) is 0 Å². The fourth-order valence-corrected chi connectivity index (χ4v) is 2.83. The van der Waals surface area contributed by atoms with Crippen LogP contribution in [0.1, 0.15) is 71.1 Å². The Bertz CT molecular complexity index is 286. The molecule has 0 amide bonds. The Hall–Kier alpha value is -0.670. The van der Waals surface area contributed by atoms with Crippen molar-refractivity contribution in [2.45, 2.75) is 77.3 Å². The van der Waals surface area contributed by atoms with Gasteiger partial charge in [0, 0.05) is 25.8 Å². The monoisotopic (exact) mass is 293 g/mol. The van der Waals surface area contributed by atoms with Crippen molar-refractivity contribution in [1.82, 2.24) is 4.90 Å². The van der Waals surface area contributed by atoms with Crippen molar-refractivity contribution < 1.29 is 0 Å². The lowest BCUT2D eigenvalue weighted by molar-refractivity contribution is 0.241. The Labute approximate surface area is 131 Å². The molecule has 3 heteroatoms. The largest absolute Gasteiger partial charge is 0.329 e. The fraction of sp³-hybridized carbons (Fsp3) is 0.833. The molecule has 0 fully saturated rings. The Morgan fingerprint density at radius 2 is 1.81 bits per heavy atom. The van der Waals surface area contributed by atoms with Crippen molar-refractivity contribution >= 4 is 6.21 Å². The average Bonchev–Trinajstić information content (AvgIpc) is 2.92. The zero-order valence-electron chi connectivity index (χ0n) is 14.0. The minimum atomic E-state index is 0.412. The summed E-state index contributed by atoms with van der Waals surface area (Å²) >= 11 is 0. The van der Waals surface area contributed by atoms with E-state index >= 15 is 0 Å². The number of allylic oxidation sites excluding steroid dienone is 2. The summed E-state index contributed by atoms with van der Waals surface area (Å²) in [6.07, 6.45) is 20.3. The lowest BCUT2D eigenvalue weighted by Gasteiger charge is -2.21. The predicted octanol–water partition coefficient (Wildman–Crippen LogP) is 4.13. The fourth-order valence-electron chi connectivity index (χ4n) is 2.83. The molecule has 3 nitrogen and oxygen atoms in total. The van der Waals surface area contributed by atoms with Crippen LogP contribution in [0.4, 0.5) is 0 Å². The van der Waals surface area contributed by atoms with Gasteiger partial charge in [-0.05, 0) is 32.1 Å². The summed E-state index contributed by atoms with van der Waals surface area (Å²) in [5, 5.41) is 0. The topological polar surface area (TPSA) is 41.6 Å². The van der Waals surface area contributed by atoms with Crippen molar-refractivity contribution in [1.29, 1.82) is 0 Å². The molecule has 21 heavy (non-hydrogen) atoms. The molecule has 1 atom stereocenters. The van der Waals surface area contributed by atoms with E-state index in [1.807, 2.05) is 6.21 Å². The summed E-state index contributed by atoms with van der Waals surface area (Å²) in [6, 6.07) is 0. The van der Waals surface area contributed by atoms with Gasteiger partial charge in [0.1, 0.15) is 6.17 Å². The van der Waals surface area contributed by atoms with Gasteiger partial charge >= 0.3 is 0 Å². The normalized spacial score (nSPS) is 19.0. The van der Waals surface area contributed by atoms with E-state index in [4.69, 9.17) is 5.73 Å². The van der Waals surface area contributed by atoms with Gasteiger partial charge in [-0.3, -0.25) is 9.89 Å². The highest BCUT2D eigenvalue weighted by molar-refractivity contribution is 5.62. The third-order valence-electron chi connectivity index (χ3n) is 4.16. The molecule has 0 aromatic rings. The van der Waals surface area contributed by atoms with Gasteiger partial charge in [0.15, 0.2) is 0 Å². The van der Waals surface area contributed by atoms with Gasteiger partial charge < -0.3 is 5.73 Å². The van der Waals surface area contributed by atoms with Crippen molar-refractivity contribution in [3.63, 3.8) is 0 Å². The molecule has 0 radical (unpaired) electrons. The zero-order valence-corrected chi connectivity index (χ0v) is 14.0. The maximum atomic E-state index is 5.63. The number of nitrogens with two attached hydrogens (primary N) is 1. The molecule has 1 rings (SSSR count). The van der Waals surface area contributed by atoms with E-state index in [-0.39, 0.29) is 0 Å². The molecule has 0 saturated heterocycles. The highest BCUT2D eigenvalue weighted by Gasteiger charge is 2.18. The van der Waals surface area contributed by atoms with Crippen LogP contribution in [0.15, 0.2) is 17.1 Å². The molecule has 1 heterocycles. The van der Waals surface area contributed by atoms with Gasteiger partial charge in [0.05, 0.1) is 0 Å². The smallest absolute Gasteiger partial charge is 0.102 e. The van der Waals surface area contributed by atoms with Gasteiger partial charge in [-0.25, -0.2) is 0 Å². The predicted molar refractivity (Wildman–Crippen MR) is 93.9 cm³/mol. The molecule has 0 bridgehead atoms. The van der Waals surface area contributed by atoms with Crippen LogP contribution in [0.2, 0.25) is 0 Å². The maximum absolute atomic E-state index is 5.63. The zero-order chi connectivity index (χ0) is 15.2. The molecule has 2 N–H and O–H groups in total. The van der Waals surface area contributed by atoms with Crippen LogP contribution >= 0.6 is 0 Å². The summed E-state index contributed by atoms with van der Waals surface area (Å²) < 4.78 is 0. The summed E-state index contributed by atoms with van der Waals surface area (Å²) in [5.74, 6) is 0. The first-order chi connectivity index (χ1) is 10.4. The van der Waals surface area contributed by atoms with E-state index < -0.39 is 0 Å². The SMILES string of the molecule is CCCC/C=C/CCCCCCCC1N=CCN1CCN. The summed E-state index contributed by atoms with van der Waals surface area (Å²) in [6.45, 7) is 4.97. The van der Waals surface area contributed by atoms with Crippen molar-refractivity contribution in [2.75, 3.05) is 19.6 Å². The van der Waals surface area contributed by atoms with Crippen LogP contribution in [0.3, 0.4) is 0 Å². The Kier molecular flexibility index (Phi) is 11.4. The summed E-state index contributed by atoms with van der Waals surface area (Å²) in [4.78, 5) is 6.94. The number of rotatable bonds is 13. The van der Waals surface area contributed by atoms with Crippen molar-refractivity contribution in [3.8, 4) is 0 Å². The molecular weight excluding hydrogens is 258 g/mol. The van der Waals surface area contributed by atoms with Crippen LogP contribution < -0.4 is 5.73 Å². The number of nitrogens with zero attached hydrogens (tertiary/aromatic N) is 2. The number of unbranched alkanes of at least 4 members (excludes halogenated alkanes) is 7. The number of hydrogen-bond acceptors (Lipinski definition) is 3. The maximum Gasteiger partial charge on any atom is 0.102 e. The molecule has 0 aromatic heterocycles. The molecule has 0 spiro atoms. The third kappa shape index (κ3) is 9.05. The van der Waals surface area contributed by atoms with Crippen molar-refractivity contribution in [3.05, 3.63) is 12.2 Å². The Morgan fingerprint density at radius 1 is 1.10 bits per heavy atom. The molecule has 122 valence electrons.